The van der Waals surface area contributed by atoms with Crippen LogP contribution in [0.3, 0.4) is 0 Å². The van der Waals surface area contributed by atoms with Crippen LogP contribution >= 0.6 is 0 Å². The maximum atomic E-state index is 5.65. The second-order valence-electron chi connectivity index (χ2n) is 6.66. The van der Waals surface area contributed by atoms with Gasteiger partial charge in [0, 0.05) is 23.5 Å². The van der Waals surface area contributed by atoms with E-state index in [2.05, 4.69) is 31.1 Å². The summed E-state index contributed by atoms with van der Waals surface area (Å²) in [6.07, 6.45) is 4.08. The lowest BCUT2D eigenvalue weighted by molar-refractivity contribution is 0.255. The summed E-state index contributed by atoms with van der Waals surface area (Å²) in [5.74, 6) is 2.32. The lowest BCUT2D eigenvalue weighted by Crippen LogP contribution is -2.34. The number of aryl methyl sites for hydroxylation is 1. The monoisotopic (exact) mass is 285 g/mol. The standard InChI is InChI=1S/C17H23N3O/c1-5-18-13-8-17(3,4)9-14-12(13)10-19-16(20-14)15-7-6-11(2)21-15/h6-7,10,13,18H,5,8-9H2,1-4H3. The van der Waals surface area contributed by atoms with Crippen molar-refractivity contribution in [2.24, 2.45) is 5.41 Å². The van der Waals surface area contributed by atoms with Crippen LogP contribution < -0.4 is 5.32 Å². The van der Waals surface area contributed by atoms with Gasteiger partial charge >= 0.3 is 0 Å². The first-order valence-corrected chi connectivity index (χ1v) is 7.64. The van der Waals surface area contributed by atoms with E-state index >= 15 is 0 Å². The van der Waals surface area contributed by atoms with Gasteiger partial charge in [-0.1, -0.05) is 20.8 Å². The largest absolute Gasteiger partial charge is 0.458 e. The van der Waals surface area contributed by atoms with Crippen molar-refractivity contribution >= 4 is 0 Å². The molecule has 0 saturated carbocycles. The Balaban J connectivity index is 2.00. The molecule has 0 radical (unpaired) electrons. The van der Waals surface area contributed by atoms with Crippen LogP contribution in [0, 0.1) is 12.3 Å². The van der Waals surface area contributed by atoms with Gasteiger partial charge in [-0.2, -0.15) is 0 Å². The van der Waals surface area contributed by atoms with E-state index in [1.807, 2.05) is 25.3 Å². The topological polar surface area (TPSA) is 51.0 Å². The molecule has 1 unspecified atom stereocenters. The summed E-state index contributed by atoms with van der Waals surface area (Å²) in [5, 5.41) is 3.56. The molecule has 0 saturated heterocycles. The van der Waals surface area contributed by atoms with Crippen LogP contribution in [-0.4, -0.2) is 16.5 Å². The zero-order valence-corrected chi connectivity index (χ0v) is 13.2. The first kappa shape index (κ1) is 14.3. The van der Waals surface area contributed by atoms with Gasteiger partial charge in [0.2, 0.25) is 0 Å². The molecule has 2 heterocycles. The molecule has 2 aromatic rings. The predicted molar refractivity (Wildman–Crippen MR) is 83.0 cm³/mol. The predicted octanol–water partition coefficient (Wildman–Crippen LogP) is 3.67. The van der Waals surface area contributed by atoms with Crippen molar-refractivity contribution < 1.29 is 4.42 Å². The summed E-state index contributed by atoms with van der Waals surface area (Å²) in [4.78, 5) is 9.29. The van der Waals surface area contributed by atoms with Crippen LogP contribution in [0.2, 0.25) is 0 Å². The molecule has 0 fully saturated rings. The molecule has 2 aromatic heterocycles. The summed E-state index contributed by atoms with van der Waals surface area (Å²) in [7, 11) is 0. The van der Waals surface area contributed by atoms with E-state index in [4.69, 9.17) is 9.40 Å². The van der Waals surface area contributed by atoms with Gasteiger partial charge in [-0.15, -0.1) is 0 Å². The zero-order chi connectivity index (χ0) is 15.0. The first-order valence-electron chi connectivity index (χ1n) is 7.64. The van der Waals surface area contributed by atoms with E-state index < -0.39 is 0 Å². The number of aromatic nitrogens is 2. The average Bonchev–Trinajstić information content (AvgIpc) is 2.84. The van der Waals surface area contributed by atoms with Crippen LogP contribution in [0.15, 0.2) is 22.7 Å². The molecule has 1 aliphatic carbocycles. The Labute approximate surface area is 126 Å². The van der Waals surface area contributed by atoms with Gasteiger partial charge in [-0.05, 0) is 43.9 Å². The number of hydrogen-bond acceptors (Lipinski definition) is 4. The molecule has 0 aliphatic heterocycles. The van der Waals surface area contributed by atoms with E-state index in [1.54, 1.807) is 0 Å². The van der Waals surface area contributed by atoms with Gasteiger partial charge < -0.3 is 9.73 Å². The third-order valence-corrected chi connectivity index (χ3v) is 4.09. The Morgan fingerprint density at radius 2 is 2.19 bits per heavy atom. The zero-order valence-electron chi connectivity index (χ0n) is 13.2. The molecule has 4 heteroatoms. The lowest BCUT2D eigenvalue weighted by Gasteiger charge is -2.36. The lowest BCUT2D eigenvalue weighted by atomic mass is 9.74. The summed E-state index contributed by atoms with van der Waals surface area (Å²) in [6.45, 7) is 9.64. The van der Waals surface area contributed by atoms with Crippen molar-refractivity contribution in [3.8, 4) is 11.6 Å². The van der Waals surface area contributed by atoms with Crippen molar-refractivity contribution in [3.05, 3.63) is 35.3 Å². The Morgan fingerprint density at radius 1 is 1.38 bits per heavy atom. The Kier molecular flexibility index (Phi) is 3.57. The second kappa shape index (κ2) is 5.26. The smallest absolute Gasteiger partial charge is 0.195 e. The van der Waals surface area contributed by atoms with Crippen LogP contribution in [-0.2, 0) is 6.42 Å². The first-order chi connectivity index (χ1) is 9.98. The van der Waals surface area contributed by atoms with Crippen molar-refractivity contribution in [1.82, 2.24) is 15.3 Å². The maximum Gasteiger partial charge on any atom is 0.195 e. The quantitative estimate of drug-likeness (QED) is 0.935. The van der Waals surface area contributed by atoms with Gasteiger partial charge in [0.05, 0.1) is 0 Å². The second-order valence-corrected chi connectivity index (χ2v) is 6.66. The van der Waals surface area contributed by atoms with Gasteiger partial charge in [-0.3, -0.25) is 0 Å². The van der Waals surface area contributed by atoms with E-state index in [0.29, 0.717) is 11.9 Å². The maximum absolute atomic E-state index is 5.65. The SMILES string of the molecule is CCNC1CC(C)(C)Cc2nc(-c3ccc(C)o3)ncc21. The Hall–Kier alpha value is -1.68. The number of furan rings is 1. The number of nitrogens with zero attached hydrogens (tertiary/aromatic N) is 2. The van der Waals surface area contributed by atoms with Crippen molar-refractivity contribution in [3.63, 3.8) is 0 Å². The van der Waals surface area contributed by atoms with Crippen LogP contribution in [0.4, 0.5) is 0 Å². The fraction of sp³-hybridized carbons (Fsp3) is 0.529. The molecule has 0 spiro atoms. The van der Waals surface area contributed by atoms with E-state index in [0.717, 1.165) is 36.6 Å². The number of hydrogen-bond donors (Lipinski definition) is 1. The molecule has 1 aliphatic rings. The van der Waals surface area contributed by atoms with E-state index in [1.165, 1.54) is 5.56 Å². The van der Waals surface area contributed by atoms with Gasteiger partial charge in [0.15, 0.2) is 11.6 Å². The highest BCUT2D eigenvalue weighted by Crippen LogP contribution is 2.40. The fourth-order valence-corrected chi connectivity index (χ4v) is 3.15. The van der Waals surface area contributed by atoms with E-state index in [-0.39, 0.29) is 5.41 Å². The van der Waals surface area contributed by atoms with Crippen LogP contribution in [0.25, 0.3) is 11.6 Å². The summed E-state index contributed by atoms with van der Waals surface area (Å²) >= 11 is 0. The normalized spacial score (nSPS) is 20.3. The Morgan fingerprint density at radius 3 is 2.86 bits per heavy atom. The molecule has 0 amide bonds. The van der Waals surface area contributed by atoms with Gasteiger partial charge in [-0.25, -0.2) is 9.97 Å². The van der Waals surface area contributed by atoms with Crippen LogP contribution in [0.5, 0.6) is 0 Å². The molecular formula is C17H23N3O. The van der Waals surface area contributed by atoms with Crippen molar-refractivity contribution in [2.45, 2.75) is 46.6 Å². The molecule has 3 rings (SSSR count). The summed E-state index contributed by atoms with van der Waals surface area (Å²) in [6, 6.07) is 4.23. The molecule has 1 N–H and O–H groups in total. The number of fused-ring (bicyclic) bond motifs is 1. The minimum absolute atomic E-state index is 0.255. The molecule has 21 heavy (non-hydrogen) atoms. The summed E-state index contributed by atoms with van der Waals surface area (Å²) < 4.78 is 5.65. The third-order valence-electron chi connectivity index (χ3n) is 4.09. The Bertz CT molecular complexity index is 645. The molecule has 0 bridgehead atoms. The third kappa shape index (κ3) is 2.86. The van der Waals surface area contributed by atoms with E-state index in [9.17, 15) is 0 Å². The highest BCUT2D eigenvalue weighted by Gasteiger charge is 2.33. The number of rotatable bonds is 3. The highest BCUT2D eigenvalue weighted by atomic mass is 16.3. The molecule has 112 valence electrons. The average molecular weight is 285 g/mol. The van der Waals surface area contributed by atoms with Crippen molar-refractivity contribution in [2.75, 3.05) is 6.54 Å². The van der Waals surface area contributed by atoms with Crippen LogP contribution in [0.1, 0.15) is 50.3 Å². The van der Waals surface area contributed by atoms with Gasteiger partial charge in [0.25, 0.3) is 0 Å². The summed E-state index contributed by atoms with van der Waals surface area (Å²) in [5.41, 5.74) is 2.64. The highest BCUT2D eigenvalue weighted by molar-refractivity contribution is 5.48. The fourth-order valence-electron chi connectivity index (χ4n) is 3.15. The molecular weight excluding hydrogens is 262 g/mol. The molecule has 1 atom stereocenters. The number of nitrogens with one attached hydrogen (secondary N) is 1. The van der Waals surface area contributed by atoms with Crippen molar-refractivity contribution in [1.29, 1.82) is 0 Å². The molecule has 0 aromatic carbocycles. The van der Waals surface area contributed by atoms with Gasteiger partial charge in [0.1, 0.15) is 5.76 Å². The molecule has 4 nitrogen and oxygen atoms in total. The minimum Gasteiger partial charge on any atom is -0.458 e. The minimum atomic E-state index is 0.255.